The highest BCUT2D eigenvalue weighted by atomic mass is 16.3. The van der Waals surface area contributed by atoms with E-state index in [1.165, 1.54) is 25.7 Å². The van der Waals surface area contributed by atoms with Gasteiger partial charge in [-0.1, -0.05) is 19.8 Å². The smallest absolute Gasteiger partial charge is 0.0718 e. The van der Waals surface area contributed by atoms with Gasteiger partial charge in [0.05, 0.1) is 5.60 Å². The molecule has 0 spiro atoms. The highest BCUT2D eigenvalue weighted by Crippen LogP contribution is 2.25. The van der Waals surface area contributed by atoms with Gasteiger partial charge in [0.2, 0.25) is 0 Å². The summed E-state index contributed by atoms with van der Waals surface area (Å²) in [6.45, 7) is 8.87. The summed E-state index contributed by atoms with van der Waals surface area (Å²) >= 11 is 0. The topological polar surface area (TPSA) is 35.5 Å². The molecule has 2 unspecified atom stereocenters. The van der Waals surface area contributed by atoms with Crippen LogP contribution in [-0.2, 0) is 0 Å². The first kappa shape index (κ1) is 14.9. The van der Waals surface area contributed by atoms with Crippen LogP contribution in [0.3, 0.4) is 0 Å². The maximum atomic E-state index is 9.83. The van der Waals surface area contributed by atoms with Crippen LogP contribution in [0.2, 0.25) is 0 Å². The fourth-order valence-electron chi connectivity index (χ4n) is 3.08. The van der Waals surface area contributed by atoms with E-state index in [2.05, 4.69) is 24.2 Å². The molecule has 0 bridgehead atoms. The van der Waals surface area contributed by atoms with Gasteiger partial charge in [0.15, 0.2) is 0 Å². The summed E-state index contributed by atoms with van der Waals surface area (Å²) in [7, 11) is 2.12. The molecule has 1 saturated carbocycles. The van der Waals surface area contributed by atoms with Crippen molar-refractivity contribution in [1.82, 2.24) is 10.2 Å². The Morgan fingerprint density at radius 1 is 1.29 bits per heavy atom. The van der Waals surface area contributed by atoms with Gasteiger partial charge in [-0.05, 0) is 46.2 Å². The Morgan fingerprint density at radius 2 is 1.94 bits per heavy atom. The molecular weight excluding hydrogens is 212 g/mol. The van der Waals surface area contributed by atoms with Crippen LogP contribution in [0.1, 0.15) is 46.5 Å². The minimum absolute atomic E-state index is 0.586. The lowest BCUT2D eigenvalue weighted by molar-refractivity contribution is 0.0359. The Labute approximate surface area is 107 Å². The lowest BCUT2D eigenvalue weighted by Crippen LogP contribution is -2.46. The Bertz CT molecular complexity index is 211. The van der Waals surface area contributed by atoms with Crippen molar-refractivity contribution in [2.75, 3.05) is 26.7 Å². The van der Waals surface area contributed by atoms with Gasteiger partial charge in [-0.15, -0.1) is 0 Å². The molecule has 0 amide bonds. The van der Waals surface area contributed by atoms with Crippen molar-refractivity contribution in [2.45, 2.75) is 58.1 Å². The second kappa shape index (κ2) is 6.72. The molecule has 0 aromatic carbocycles. The van der Waals surface area contributed by atoms with Gasteiger partial charge in [-0.25, -0.2) is 0 Å². The van der Waals surface area contributed by atoms with Crippen LogP contribution < -0.4 is 5.32 Å². The molecule has 1 fully saturated rings. The fraction of sp³-hybridized carbons (Fsp3) is 1.00. The third kappa shape index (κ3) is 5.84. The number of nitrogens with zero attached hydrogens (tertiary/aromatic N) is 1. The average molecular weight is 242 g/mol. The normalized spacial score (nSPS) is 26.5. The van der Waals surface area contributed by atoms with Crippen LogP contribution in [-0.4, -0.2) is 48.3 Å². The van der Waals surface area contributed by atoms with Crippen molar-refractivity contribution < 1.29 is 5.11 Å². The highest BCUT2D eigenvalue weighted by molar-refractivity contribution is 4.83. The average Bonchev–Trinajstić information content (AvgIpc) is 2.18. The molecular formula is C14H30N2O. The van der Waals surface area contributed by atoms with E-state index in [1.807, 2.05) is 13.8 Å². The van der Waals surface area contributed by atoms with Gasteiger partial charge in [0, 0.05) is 19.1 Å². The molecule has 0 aromatic heterocycles. The molecule has 0 radical (unpaired) electrons. The monoisotopic (exact) mass is 242 g/mol. The number of nitrogens with one attached hydrogen (secondary N) is 1. The molecule has 0 aliphatic heterocycles. The maximum absolute atomic E-state index is 9.83. The summed E-state index contributed by atoms with van der Waals surface area (Å²) in [4.78, 5) is 2.28. The zero-order chi connectivity index (χ0) is 12.9. The van der Waals surface area contributed by atoms with Crippen molar-refractivity contribution in [3.63, 3.8) is 0 Å². The lowest BCUT2D eigenvalue weighted by atomic mass is 9.84. The first-order valence-electron chi connectivity index (χ1n) is 7.06. The minimum atomic E-state index is -0.586. The predicted octanol–water partition coefficient (Wildman–Crippen LogP) is 1.86. The first-order chi connectivity index (χ1) is 7.92. The summed E-state index contributed by atoms with van der Waals surface area (Å²) < 4.78 is 0. The summed E-state index contributed by atoms with van der Waals surface area (Å²) in [5.74, 6) is 0.746. The predicted molar refractivity (Wildman–Crippen MR) is 73.2 cm³/mol. The Morgan fingerprint density at radius 3 is 2.53 bits per heavy atom. The van der Waals surface area contributed by atoms with E-state index in [-0.39, 0.29) is 0 Å². The summed E-state index contributed by atoms with van der Waals surface area (Å²) in [5.41, 5.74) is -0.586. The van der Waals surface area contributed by atoms with Crippen molar-refractivity contribution >= 4 is 0 Å². The van der Waals surface area contributed by atoms with E-state index in [0.717, 1.165) is 25.6 Å². The molecule has 1 rings (SSSR count). The van der Waals surface area contributed by atoms with Gasteiger partial charge in [-0.2, -0.15) is 0 Å². The second-order valence-electron chi connectivity index (χ2n) is 6.22. The molecule has 3 nitrogen and oxygen atoms in total. The van der Waals surface area contributed by atoms with E-state index < -0.39 is 5.60 Å². The van der Waals surface area contributed by atoms with Crippen molar-refractivity contribution in [3.05, 3.63) is 0 Å². The van der Waals surface area contributed by atoms with Crippen LogP contribution in [0.15, 0.2) is 0 Å². The zero-order valence-corrected chi connectivity index (χ0v) is 12.0. The van der Waals surface area contributed by atoms with E-state index in [0.29, 0.717) is 6.04 Å². The second-order valence-corrected chi connectivity index (χ2v) is 6.22. The molecule has 3 heteroatoms. The first-order valence-corrected chi connectivity index (χ1v) is 7.06. The molecule has 102 valence electrons. The third-order valence-corrected chi connectivity index (χ3v) is 3.58. The van der Waals surface area contributed by atoms with Crippen molar-refractivity contribution in [3.8, 4) is 0 Å². The summed E-state index contributed by atoms with van der Waals surface area (Å²) in [6.07, 6.45) is 5.37. The number of hydrogen-bond acceptors (Lipinski definition) is 3. The van der Waals surface area contributed by atoms with Crippen LogP contribution in [0.4, 0.5) is 0 Å². The summed E-state index contributed by atoms with van der Waals surface area (Å²) in [5, 5.41) is 13.4. The number of rotatable bonds is 6. The highest BCUT2D eigenvalue weighted by Gasteiger charge is 2.26. The molecule has 0 saturated heterocycles. The van der Waals surface area contributed by atoms with E-state index in [9.17, 15) is 5.11 Å². The Balaban J connectivity index is 2.41. The molecule has 1 aliphatic rings. The summed E-state index contributed by atoms with van der Waals surface area (Å²) in [6, 6.07) is 0.679. The Kier molecular flexibility index (Phi) is 5.90. The standard InChI is InChI=1S/C14H30N2O/c1-5-15-13-9-7-6-8-12(13)10-16(4)11-14(2,3)17/h12-13,15,17H,5-11H2,1-4H3. The number of hydrogen-bond donors (Lipinski definition) is 2. The van der Waals surface area contributed by atoms with Gasteiger partial charge in [0.25, 0.3) is 0 Å². The van der Waals surface area contributed by atoms with Gasteiger partial charge >= 0.3 is 0 Å². The molecule has 2 atom stereocenters. The fourth-order valence-corrected chi connectivity index (χ4v) is 3.08. The van der Waals surface area contributed by atoms with E-state index in [4.69, 9.17) is 0 Å². The van der Waals surface area contributed by atoms with Crippen molar-refractivity contribution in [1.29, 1.82) is 0 Å². The molecule has 0 aromatic rings. The SMILES string of the molecule is CCNC1CCCCC1CN(C)CC(C)(C)O. The van der Waals surface area contributed by atoms with Gasteiger partial charge in [-0.3, -0.25) is 0 Å². The van der Waals surface area contributed by atoms with Crippen LogP contribution in [0.5, 0.6) is 0 Å². The van der Waals surface area contributed by atoms with E-state index >= 15 is 0 Å². The molecule has 0 heterocycles. The van der Waals surface area contributed by atoms with Crippen LogP contribution in [0.25, 0.3) is 0 Å². The van der Waals surface area contributed by atoms with Crippen molar-refractivity contribution in [2.24, 2.45) is 5.92 Å². The maximum Gasteiger partial charge on any atom is 0.0718 e. The largest absolute Gasteiger partial charge is 0.389 e. The molecule has 2 N–H and O–H groups in total. The number of likely N-dealkylation sites (N-methyl/N-ethyl adjacent to an activating group) is 1. The molecule has 17 heavy (non-hydrogen) atoms. The Hall–Kier alpha value is -0.120. The van der Waals surface area contributed by atoms with Gasteiger partial charge in [0.1, 0.15) is 0 Å². The minimum Gasteiger partial charge on any atom is -0.389 e. The van der Waals surface area contributed by atoms with Crippen LogP contribution >= 0.6 is 0 Å². The lowest BCUT2D eigenvalue weighted by Gasteiger charge is -2.36. The zero-order valence-electron chi connectivity index (χ0n) is 12.0. The third-order valence-electron chi connectivity index (χ3n) is 3.58. The van der Waals surface area contributed by atoms with E-state index in [1.54, 1.807) is 0 Å². The van der Waals surface area contributed by atoms with Gasteiger partial charge < -0.3 is 15.3 Å². The molecule has 1 aliphatic carbocycles. The number of aliphatic hydroxyl groups is 1. The van der Waals surface area contributed by atoms with Crippen LogP contribution in [0, 0.1) is 5.92 Å². The quantitative estimate of drug-likeness (QED) is 0.746.